The second-order valence-corrected chi connectivity index (χ2v) is 5.63. The summed E-state index contributed by atoms with van der Waals surface area (Å²) in [6, 6.07) is 11.4. The molecular weight excluding hydrogens is 292 g/mol. The van der Waals surface area contributed by atoms with Gasteiger partial charge in [-0.3, -0.25) is 0 Å². The van der Waals surface area contributed by atoms with Crippen LogP contribution in [0.1, 0.15) is 40.4 Å². The Balaban J connectivity index is 1.92. The molecule has 0 aliphatic carbocycles. The molecule has 120 valence electrons. The third kappa shape index (κ3) is 3.22. The number of carboxylic acid groups (broad SMARTS) is 1. The van der Waals surface area contributed by atoms with Crippen LogP contribution in [0, 0.1) is 0 Å². The average Bonchev–Trinajstić information content (AvgIpc) is 2.56. The van der Waals surface area contributed by atoms with E-state index in [0.29, 0.717) is 37.4 Å². The molecule has 1 N–H and O–H groups in total. The molecule has 0 radical (unpaired) electrons. The van der Waals surface area contributed by atoms with Crippen molar-refractivity contribution in [2.24, 2.45) is 0 Å². The van der Waals surface area contributed by atoms with E-state index in [9.17, 15) is 9.90 Å². The van der Waals surface area contributed by atoms with Crippen molar-refractivity contribution in [3.05, 3.63) is 58.7 Å². The highest BCUT2D eigenvalue weighted by Crippen LogP contribution is 2.39. The molecule has 4 heteroatoms. The van der Waals surface area contributed by atoms with Crippen LogP contribution < -0.4 is 4.74 Å². The van der Waals surface area contributed by atoms with E-state index in [0.717, 1.165) is 28.9 Å². The summed E-state index contributed by atoms with van der Waals surface area (Å²) < 4.78 is 11.4. The molecule has 0 bridgehead atoms. The molecule has 4 nitrogen and oxygen atoms in total. The lowest BCUT2D eigenvalue weighted by Gasteiger charge is -2.23. The van der Waals surface area contributed by atoms with Crippen molar-refractivity contribution in [3.8, 4) is 11.5 Å². The smallest absolute Gasteiger partial charge is 0.336 e. The largest absolute Gasteiger partial charge is 0.478 e. The lowest BCUT2D eigenvalue weighted by molar-refractivity contribution is 0.0693. The van der Waals surface area contributed by atoms with Crippen molar-refractivity contribution in [2.45, 2.75) is 26.2 Å². The molecule has 1 aliphatic heterocycles. The van der Waals surface area contributed by atoms with Crippen molar-refractivity contribution in [1.82, 2.24) is 0 Å². The standard InChI is InChI=1S/C19H20O4/c1-2-10-22-11-9-13-7-8-17-15(18(13)19(20)21)12-14-5-3-4-6-16(14)23-17/h3-8H,2,9-12H2,1H3,(H,20,21). The molecule has 0 spiro atoms. The van der Waals surface area contributed by atoms with Gasteiger partial charge < -0.3 is 14.6 Å². The van der Waals surface area contributed by atoms with Crippen molar-refractivity contribution in [1.29, 1.82) is 0 Å². The second-order valence-electron chi connectivity index (χ2n) is 5.63. The number of ether oxygens (including phenoxy) is 2. The number of rotatable bonds is 6. The van der Waals surface area contributed by atoms with E-state index in [1.807, 2.05) is 36.4 Å². The SMILES string of the molecule is CCCOCCc1ccc2c(c1C(=O)O)Cc1ccccc1O2. The first-order valence-electron chi connectivity index (χ1n) is 7.92. The van der Waals surface area contributed by atoms with E-state index in [1.54, 1.807) is 0 Å². The predicted octanol–water partition coefficient (Wildman–Crippen LogP) is 4.05. The Kier molecular flexibility index (Phi) is 4.63. The fourth-order valence-electron chi connectivity index (χ4n) is 2.91. The maximum Gasteiger partial charge on any atom is 0.336 e. The average molecular weight is 312 g/mol. The molecule has 0 saturated heterocycles. The first-order valence-corrected chi connectivity index (χ1v) is 7.92. The summed E-state index contributed by atoms with van der Waals surface area (Å²) in [5, 5.41) is 9.68. The third-order valence-corrected chi connectivity index (χ3v) is 3.99. The fourth-order valence-corrected chi connectivity index (χ4v) is 2.91. The Bertz CT molecular complexity index is 721. The van der Waals surface area contributed by atoms with Gasteiger partial charge in [-0.05, 0) is 36.1 Å². The molecule has 2 aromatic rings. The van der Waals surface area contributed by atoms with Gasteiger partial charge >= 0.3 is 5.97 Å². The Hall–Kier alpha value is -2.33. The quantitative estimate of drug-likeness (QED) is 0.698. The number of fused-ring (bicyclic) bond motifs is 2. The van der Waals surface area contributed by atoms with Crippen LogP contribution in [0.15, 0.2) is 36.4 Å². The van der Waals surface area contributed by atoms with Gasteiger partial charge in [-0.25, -0.2) is 4.79 Å². The van der Waals surface area contributed by atoms with Crippen molar-refractivity contribution >= 4 is 5.97 Å². The highest BCUT2D eigenvalue weighted by atomic mass is 16.5. The number of aromatic carboxylic acids is 1. The van der Waals surface area contributed by atoms with E-state index < -0.39 is 5.97 Å². The molecule has 0 saturated carbocycles. The van der Waals surface area contributed by atoms with E-state index >= 15 is 0 Å². The van der Waals surface area contributed by atoms with Crippen molar-refractivity contribution in [2.75, 3.05) is 13.2 Å². The molecule has 0 fully saturated rings. The molecule has 0 aromatic heterocycles. The molecule has 2 aromatic carbocycles. The number of para-hydroxylation sites is 1. The summed E-state index contributed by atoms with van der Waals surface area (Å²) in [4.78, 5) is 11.8. The van der Waals surface area contributed by atoms with Gasteiger partial charge in [0.25, 0.3) is 0 Å². The minimum atomic E-state index is -0.907. The first-order chi connectivity index (χ1) is 11.2. The van der Waals surface area contributed by atoms with Crippen LogP contribution in [0.2, 0.25) is 0 Å². The lowest BCUT2D eigenvalue weighted by Crippen LogP contribution is -2.14. The maximum atomic E-state index is 11.8. The summed E-state index contributed by atoms with van der Waals surface area (Å²) in [7, 11) is 0. The lowest BCUT2D eigenvalue weighted by atomic mass is 9.91. The highest BCUT2D eigenvalue weighted by molar-refractivity contribution is 5.92. The first kappa shape index (κ1) is 15.6. The van der Waals surface area contributed by atoms with Crippen LogP contribution >= 0.6 is 0 Å². The van der Waals surface area contributed by atoms with Crippen LogP contribution in [-0.2, 0) is 17.6 Å². The van der Waals surface area contributed by atoms with Crippen LogP contribution in [-0.4, -0.2) is 24.3 Å². The molecule has 0 unspecified atom stereocenters. The molecule has 0 amide bonds. The zero-order valence-electron chi connectivity index (χ0n) is 13.2. The zero-order chi connectivity index (χ0) is 16.2. The molecule has 1 heterocycles. The van der Waals surface area contributed by atoms with Crippen LogP contribution in [0.4, 0.5) is 0 Å². The Morgan fingerprint density at radius 2 is 2.00 bits per heavy atom. The highest BCUT2D eigenvalue weighted by Gasteiger charge is 2.24. The maximum absolute atomic E-state index is 11.8. The van der Waals surface area contributed by atoms with Crippen LogP contribution in [0.3, 0.4) is 0 Å². The van der Waals surface area contributed by atoms with Gasteiger partial charge in [-0.2, -0.15) is 0 Å². The second kappa shape index (κ2) is 6.84. The van der Waals surface area contributed by atoms with E-state index in [-0.39, 0.29) is 0 Å². The topological polar surface area (TPSA) is 55.8 Å². The van der Waals surface area contributed by atoms with Gasteiger partial charge in [0, 0.05) is 18.6 Å². The molecule has 0 atom stereocenters. The van der Waals surface area contributed by atoms with Gasteiger partial charge in [-0.15, -0.1) is 0 Å². The summed E-state index contributed by atoms with van der Waals surface area (Å²) in [6.07, 6.45) is 2.13. The van der Waals surface area contributed by atoms with Crippen LogP contribution in [0.5, 0.6) is 11.5 Å². The number of carbonyl (C=O) groups is 1. The minimum Gasteiger partial charge on any atom is -0.478 e. The van der Waals surface area contributed by atoms with E-state index in [4.69, 9.17) is 9.47 Å². The Morgan fingerprint density at radius 1 is 1.17 bits per heavy atom. The van der Waals surface area contributed by atoms with Gasteiger partial charge in [0.2, 0.25) is 0 Å². The molecular formula is C19H20O4. The zero-order valence-corrected chi connectivity index (χ0v) is 13.2. The fraction of sp³-hybridized carbons (Fsp3) is 0.316. The summed E-state index contributed by atoms with van der Waals surface area (Å²) in [5.41, 5.74) is 2.93. The molecule has 3 rings (SSSR count). The molecule has 1 aliphatic rings. The van der Waals surface area contributed by atoms with Crippen molar-refractivity contribution in [3.63, 3.8) is 0 Å². The summed E-state index contributed by atoms with van der Waals surface area (Å²) >= 11 is 0. The number of hydrogen-bond donors (Lipinski definition) is 1. The van der Waals surface area contributed by atoms with Gasteiger partial charge in [-0.1, -0.05) is 31.2 Å². The number of hydrogen-bond acceptors (Lipinski definition) is 3. The Morgan fingerprint density at radius 3 is 2.78 bits per heavy atom. The molecule has 23 heavy (non-hydrogen) atoms. The Labute approximate surface area is 135 Å². The number of carboxylic acids is 1. The predicted molar refractivity (Wildman–Crippen MR) is 87.5 cm³/mol. The van der Waals surface area contributed by atoms with Gasteiger partial charge in [0.05, 0.1) is 12.2 Å². The normalized spacial score (nSPS) is 12.2. The third-order valence-electron chi connectivity index (χ3n) is 3.99. The van der Waals surface area contributed by atoms with Gasteiger partial charge in [0.15, 0.2) is 0 Å². The van der Waals surface area contributed by atoms with E-state index in [2.05, 4.69) is 6.92 Å². The summed E-state index contributed by atoms with van der Waals surface area (Å²) in [6.45, 7) is 3.28. The van der Waals surface area contributed by atoms with Crippen LogP contribution in [0.25, 0.3) is 0 Å². The van der Waals surface area contributed by atoms with Gasteiger partial charge in [0.1, 0.15) is 11.5 Å². The summed E-state index contributed by atoms with van der Waals surface area (Å²) in [5.74, 6) is 0.532. The number of benzene rings is 2. The monoisotopic (exact) mass is 312 g/mol. The minimum absolute atomic E-state index is 0.358. The van der Waals surface area contributed by atoms with Crippen molar-refractivity contribution < 1.29 is 19.4 Å². The van der Waals surface area contributed by atoms with E-state index in [1.165, 1.54) is 0 Å².